The molecule has 0 unspecified atom stereocenters. The summed E-state index contributed by atoms with van der Waals surface area (Å²) in [7, 11) is 0. The van der Waals surface area contributed by atoms with Gasteiger partial charge in [-0.1, -0.05) is 28.1 Å². The summed E-state index contributed by atoms with van der Waals surface area (Å²) in [6.45, 7) is 0.0286. The summed E-state index contributed by atoms with van der Waals surface area (Å²) < 4.78 is 6.20. The predicted octanol–water partition coefficient (Wildman–Crippen LogP) is 2.75. The third-order valence-electron chi connectivity index (χ3n) is 4.35. The molecule has 152 valence electrons. The highest BCUT2D eigenvalue weighted by Crippen LogP contribution is 2.28. The van der Waals surface area contributed by atoms with Crippen molar-refractivity contribution in [1.29, 1.82) is 0 Å². The standard InChI is InChI=1S/C20H20BrN3O4S/c1-29-17-7-3-5-15(10-17)24-11-13(8-19(24)26)20(27)23-22-18(25)12-28-16-6-2-4-14(21)9-16/h2-7,9-10,13H,8,11-12H2,1H3,(H,22,25)(H,23,27)/t13-/m1/s1. The summed E-state index contributed by atoms with van der Waals surface area (Å²) in [6.07, 6.45) is 2.06. The second kappa shape index (κ2) is 9.80. The van der Waals surface area contributed by atoms with Gasteiger partial charge in [0.05, 0.1) is 5.92 Å². The Hall–Kier alpha value is -2.52. The number of nitrogens with one attached hydrogen (secondary N) is 2. The van der Waals surface area contributed by atoms with E-state index in [-0.39, 0.29) is 25.5 Å². The van der Waals surface area contributed by atoms with Crippen molar-refractivity contribution in [3.05, 3.63) is 53.0 Å². The number of halogens is 1. The minimum atomic E-state index is -0.535. The number of ether oxygens (including phenoxy) is 1. The van der Waals surface area contributed by atoms with Gasteiger partial charge in [0.2, 0.25) is 11.8 Å². The molecule has 2 N–H and O–H groups in total. The van der Waals surface area contributed by atoms with Gasteiger partial charge in [0, 0.05) is 28.0 Å². The quantitative estimate of drug-likeness (QED) is 0.493. The Morgan fingerprint density at radius 3 is 2.76 bits per heavy atom. The molecule has 3 rings (SSSR count). The average Bonchev–Trinajstić information content (AvgIpc) is 3.12. The molecule has 1 aliphatic heterocycles. The number of nitrogens with zero attached hydrogens (tertiary/aromatic N) is 1. The molecular weight excluding hydrogens is 458 g/mol. The second-order valence-corrected chi connectivity index (χ2v) is 8.19. The number of hydrogen-bond donors (Lipinski definition) is 2. The maximum absolute atomic E-state index is 12.4. The van der Waals surface area contributed by atoms with E-state index in [9.17, 15) is 14.4 Å². The van der Waals surface area contributed by atoms with Crippen LogP contribution in [0.25, 0.3) is 0 Å². The van der Waals surface area contributed by atoms with Gasteiger partial charge in [-0.05, 0) is 42.7 Å². The van der Waals surface area contributed by atoms with Gasteiger partial charge in [0.15, 0.2) is 6.61 Å². The van der Waals surface area contributed by atoms with E-state index in [0.29, 0.717) is 5.75 Å². The molecule has 0 spiro atoms. The number of carbonyl (C=O) groups excluding carboxylic acids is 3. The van der Waals surface area contributed by atoms with Crippen LogP contribution < -0.4 is 20.5 Å². The van der Waals surface area contributed by atoms with E-state index in [2.05, 4.69) is 26.8 Å². The molecule has 1 atom stereocenters. The third-order valence-corrected chi connectivity index (χ3v) is 5.57. The molecule has 9 heteroatoms. The van der Waals surface area contributed by atoms with Crippen LogP contribution in [0.3, 0.4) is 0 Å². The largest absolute Gasteiger partial charge is 0.484 e. The van der Waals surface area contributed by atoms with E-state index in [1.807, 2.05) is 36.6 Å². The van der Waals surface area contributed by atoms with Gasteiger partial charge < -0.3 is 9.64 Å². The summed E-state index contributed by atoms with van der Waals surface area (Å²) in [6, 6.07) is 14.7. The number of benzene rings is 2. The van der Waals surface area contributed by atoms with Crippen molar-refractivity contribution in [2.24, 2.45) is 5.92 Å². The van der Waals surface area contributed by atoms with Crippen LogP contribution in [0, 0.1) is 5.92 Å². The van der Waals surface area contributed by atoms with Crippen LogP contribution in [0.2, 0.25) is 0 Å². The van der Waals surface area contributed by atoms with Crippen molar-refractivity contribution in [3.63, 3.8) is 0 Å². The van der Waals surface area contributed by atoms with Gasteiger partial charge in [-0.2, -0.15) is 0 Å². The van der Waals surface area contributed by atoms with Crippen molar-refractivity contribution in [3.8, 4) is 5.75 Å². The Balaban J connectivity index is 1.48. The number of hydrazine groups is 1. The van der Waals surface area contributed by atoms with Gasteiger partial charge >= 0.3 is 0 Å². The lowest BCUT2D eigenvalue weighted by Gasteiger charge is -2.17. The number of thioether (sulfide) groups is 1. The lowest BCUT2D eigenvalue weighted by molar-refractivity contribution is -0.132. The first kappa shape index (κ1) is 21.2. The van der Waals surface area contributed by atoms with Crippen LogP contribution >= 0.6 is 27.7 Å². The van der Waals surface area contributed by atoms with Crippen molar-refractivity contribution in [1.82, 2.24) is 10.9 Å². The average molecular weight is 478 g/mol. The molecule has 3 amide bonds. The van der Waals surface area contributed by atoms with Crippen LogP contribution in [-0.2, 0) is 14.4 Å². The first-order valence-electron chi connectivity index (χ1n) is 8.87. The minimum Gasteiger partial charge on any atom is -0.484 e. The van der Waals surface area contributed by atoms with Crippen molar-refractivity contribution < 1.29 is 19.1 Å². The Bertz CT molecular complexity index is 924. The minimum absolute atomic E-state index is 0.0970. The molecule has 0 radical (unpaired) electrons. The van der Waals surface area contributed by atoms with E-state index in [4.69, 9.17) is 4.74 Å². The Morgan fingerprint density at radius 2 is 2.00 bits per heavy atom. The molecule has 0 aromatic heterocycles. The smallest absolute Gasteiger partial charge is 0.276 e. The number of hydrogen-bond acceptors (Lipinski definition) is 5. The molecule has 1 heterocycles. The topological polar surface area (TPSA) is 87.7 Å². The Labute approximate surface area is 181 Å². The highest BCUT2D eigenvalue weighted by Gasteiger charge is 2.35. The van der Waals surface area contributed by atoms with Crippen LogP contribution in [0.4, 0.5) is 5.69 Å². The highest BCUT2D eigenvalue weighted by molar-refractivity contribution is 9.10. The van der Waals surface area contributed by atoms with Gasteiger partial charge in [-0.15, -0.1) is 11.8 Å². The maximum atomic E-state index is 12.4. The predicted molar refractivity (Wildman–Crippen MR) is 115 cm³/mol. The van der Waals surface area contributed by atoms with Crippen molar-refractivity contribution in [2.75, 3.05) is 24.3 Å². The summed E-state index contributed by atoms with van der Waals surface area (Å²) in [5.41, 5.74) is 5.47. The molecule has 1 aliphatic rings. The SMILES string of the molecule is CSc1cccc(N2C[C@H](C(=O)NNC(=O)COc3cccc(Br)c3)CC2=O)c1. The molecule has 0 aliphatic carbocycles. The summed E-state index contributed by atoms with van der Waals surface area (Å²) in [5.74, 6) is -1.02. The van der Waals surface area contributed by atoms with Crippen LogP contribution in [0.1, 0.15) is 6.42 Å². The zero-order valence-corrected chi connectivity index (χ0v) is 18.1. The normalized spacial score (nSPS) is 15.9. The second-order valence-electron chi connectivity index (χ2n) is 6.39. The molecule has 2 aromatic rings. The van der Waals surface area contributed by atoms with E-state index in [1.165, 1.54) is 0 Å². The van der Waals surface area contributed by atoms with Gasteiger partial charge in [-0.3, -0.25) is 25.2 Å². The van der Waals surface area contributed by atoms with E-state index >= 15 is 0 Å². The van der Waals surface area contributed by atoms with E-state index < -0.39 is 17.7 Å². The van der Waals surface area contributed by atoms with Gasteiger partial charge in [-0.25, -0.2) is 0 Å². The fourth-order valence-electron chi connectivity index (χ4n) is 2.89. The van der Waals surface area contributed by atoms with Crippen molar-refractivity contribution >= 4 is 51.1 Å². The number of rotatable bonds is 6. The third kappa shape index (κ3) is 5.74. The molecule has 7 nitrogen and oxygen atoms in total. The molecule has 0 saturated carbocycles. The summed E-state index contributed by atoms with van der Waals surface area (Å²) in [4.78, 5) is 39.2. The van der Waals surface area contributed by atoms with E-state index in [1.54, 1.807) is 34.9 Å². The molecular formula is C20H20BrN3O4S. The summed E-state index contributed by atoms with van der Waals surface area (Å²) >= 11 is 4.91. The molecule has 2 aromatic carbocycles. The number of amides is 3. The Kier molecular flexibility index (Phi) is 7.16. The van der Waals surface area contributed by atoms with Gasteiger partial charge in [0.1, 0.15) is 5.75 Å². The van der Waals surface area contributed by atoms with Crippen molar-refractivity contribution in [2.45, 2.75) is 11.3 Å². The van der Waals surface area contributed by atoms with Crippen LogP contribution in [0.15, 0.2) is 57.9 Å². The molecule has 0 bridgehead atoms. The maximum Gasteiger partial charge on any atom is 0.276 e. The van der Waals surface area contributed by atoms with Crippen LogP contribution in [0.5, 0.6) is 5.75 Å². The zero-order valence-electron chi connectivity index (χ0n) is 15.7. The monoisotopic (exact) mass is 477 g/mol. The highest BCUT2D eigenvalue weighted by atomic mass is 79.9. The molecule has 1 saturated heterocycles. The fraction of sp³-hybridized carbons (Fsp3) is 0.250. The fourth-order valence-corrected chi connectivity index (χ4v) is 3.72. The Morgan fingerprint density at radius 1 is 1.21 bits per heavy atom. The lowest BCUT2D eigenvalue weighted by atomic mass is 10.1. The van der Waals surface area contributed by atoms with Crippen LogP contribution in [-0.4, -0.2) is 37.1 Å². The van der Waals surface area contributed by atoms with Gasteiger partial charge in [0.25, 0.3) is 5.91 Å². The summed E-state index contributed by atoms with van der Waals surface area (Å²) in [5, 5.41) is 0. The molecule has 1 fully saturated rings. The lowest BCUT2D eigenvalue weighted by Crippen LogP contribution is -2.46. The first-order chi connectivity index (χ1) is 14.0. The first-order valence-corrected chi connectivity index (χ1v) is 10.9. The zero-order chi connectivity index (χ0) is 20.8. The molecule has 29 heavy (non-hydrogen) atoms. The number of anilines is 1. The number of carbonyl (C=O) groups is 3. The van der Waals surface area contributed by atoms with E-state index in [0.717, 1.165) is 15.1 Å².